The van der Waals surface area contributed by atoms with Crippen LogP contribution in [0.3, 0.4) is 0 Å². The first-order valence-electron chi connectivity index (χ1n) is 4.50. The fraction of sp³-hybridized carbons (Fsp3) is 0.364. The predicted molar refractivity (Wildman–Crippen MR) is 61.8 cm³/mol. The lowest BCUT2D eigenvalue weighted by atomic mass is 10.0. The minimum atomic E-state index is -0.171. The van der Waals surface area contributed by atoms with Crippen molar-refractivity contribution in [3.63, 3.8) is 0 Å². The molecule has 0 bridgehead atoms. The van der Waals surface area contributed by atoms with Crippen LogP contribution in [0.4, 0.5) is 4.79 Å². The molecule has 3 heteroatoms. The summed E-state index contributed by atoms with van der Waals surface area (Å²) in [5.41, 5.74) is 4.93. The van der Waals surface area contributed by atoms with Crippen molar-refractivity contribution >= 4 is 20.7 Å². The van der Waals surface area contributed by atoms with Gasteiger partial charge in [-0.3, -0.25) is 4.79 Å². The standard InChI is InChI=1S/C11H14BrNO/c1-7-4-9(3)10(5-8(7)2)6-13-11(12)14/h4-5H,6H2,1-3H3,(H,13,14). The third-order valence-electron chi connectivity index (χ3n) is 2.37. The van der Waals surface area contributed by atoms with E-state index in [0.29, 0.717) is 6.54 Å². The zero-order valence-electron chi connectivity index (χ0n) is 8.65. The molecule has 76 valence electrons. The fourth-order valence-electron chi connectivity index (χ4n) is 1.38. The molecule has 0 atom stereocenters. The SMILES string of the molecule is Cc1cc(C)c(CNC(=O)Br)cc1C. The number of halogens is 1. The smallest absolute Gasteiger partial charge is 0.287 e. The summed E-state index contributed by atoms with van der Waals surface area (Å²) in [5, 5.41) is 2.73. The van der Waals surface area contributed by atoms with E-state index in [1.54, 1.807) is 0 Å². The molecule has 1 rings (SSSR count). The Bertz CT molecular complexity index is 361. The van der Waals surface area contributed by atoms with Gasteiger partial charge in [0.25, 0.3) is 4.82 Å². The van der Waals surface area contributed by atoms with Gasteiger partial charge < -0.3 is 5.32 Å². The molecule has 0 saturated heterocycles. The molecule has 0 saturated carbocycles. The van der Waals surface area contributed by atoms with E-state index < -0.39 is 0 Å². The maximum Gasteiger partial charge on any atom is 0.287 e. The molecular formula is C11H14BrNO. The largest absolute Gasteiger partial charge is 0.343 e. The summed E-state index contributed by atoms with van der Waals surface area (Å²) in [5.74, 6) is 0. The molecule has 0 heterocycles. The highest BCUT2D eigenvalue weighted by atomic mass is 79.9. The highest BCUT2D eigenvalue weighted by Gasteiger charge is 2.02. The van der Waals surface area contributed by atoms with Crippen LogP contribution in [0.1, 0.15) is 22.3 Å². The van der Waals surface area contributed by atoms with Crippen molar-refractivity contribution in [3.05, 3.63) is 34.4 Å². The molecule has 0 aliphatic carbocycles. The van der Waals surface area contributed by atoms with Crippen LogP contribution >= 0.6 is 15.9 Å². The lowest BCUT2D eigenvalue weighted by molar-refractivity contribution is 0.261. The van der Waals surface area contributed by atoms with E-state index in [-0.39, 0.29) is 4.82 Å². The van der Waals surface area contributed by atoms with Gasteiger partial charge in [0.05, 0.1) is 0 Å². The van der Waals surface area contributed by atoms with E-state index >= 15 is 0 Å². The monoisotopic (exact) mass is 255 g/mol. The first-order chi connectivity index (χ1) is 6.50. The van der Waals surface area contributed by atoms with Gasteiger partial charge in [-0.1, -0.05) is 12.1 Å². The number of nitrogens with one attached hydrogen (secondary N) is 1. The van der Waals surface area contributed by atoms with E-state index in [2.05, 4.69) is 54.2 Å². The van der Waals surface area contributed by atoms with Crippen LogP contribution in [0.15, 0.2) is 12.1 Å². The Balaban J connectivity index is 2.87. The van der Waals surface area contributed by atoms with Gasteiger partial charge in [-0.2, -0.15) is 0 Å². The average Bonchev–Trinajstić information content (AvgIpc) is 2.09. The Hall–Kier alpha value is -0.830. The number of hydrogen-bond donors (Lipinski definition) is 1. The summed E-state index contributed by atoms with van der Waals surface area (Å²) < 4.78 is 0. The summed E-state index contributed by atoms with van der Waals surface area (Å²) in [6.07, 6.45) is 0. The van der Waals surface area contributed by atoms with E-state index in [0.717, 1.165) is 0 Å². The summed E-state index contributed by atoms with van der Waals surface area (Å²) in [7, 11) is 0. The van der Waals surface area contributed by atoms with Crippen molar-refractivity contribution in [1.82, 2.24) is 5.32 Å². The first-order valence-corrected chi connectivity index (χ1v) is 5.30. The van der Waals surface area contributed by atoms with E-state index in [1.807, 2.05) is 0 Å². The Kier molecular flexibility index (Phi) is 3.69. The van der Waals surface area contributed by atoms with Crippen LogP contribution in [0.5, 0.6) is 0 Å². The number of carbonyl (C=O) groups excluding carboxylic acids is 1. The molecule has 0 aromatic heterocycles. The Morgan fingerprint density at radius 3 is 2.36 bits per heavy atom. The molecule has 0 radical (unpaired) electrons. The lowest BCUT2D eigenvalue weighted by Crippen LogP contribution is -2.16. The first kappa shape index (κ1) is 11.2. The van der Waals surface area contributed by atoms with Crippen molar-refractivity contribution in [1.29, 1.82) is 0 Å². The van der Waals surface area contributed by atoms with E-state index in [9.17, 15) is 4.79 Å². The van der Waals surface area contributed by atoms with Crippen LogP contribution in [0, 0.1) is 20.8 Å². The van der Waals surface area contributed by atoms with E-state index in [1.165, 1.54) is 22.3 Å². The molecular weight excluding hydrogens is 242 g/mol. The van der Waals surface area contributed by atoms with Crippen LogP contribution in [0.25, 0.3) is 0 Å². The molecule has 0 aliphatic rings. The number of benzene rings is 1. The molecule has 0 spiro atoms. The minimum Gasteiger partial charge on any atom is -0.343 e. The Morgan fingerprint density at radius 2 is 1.79 bits per heavy atom. The molecule has 0 aliphatic heterocycles. The zero-order valence-corrected chi connectivity index (χ0v) is 10.2. The van der Waals surface area contributed by atoms with Gasteiger partial charge in [0.1, 0.15) is 0 Å². The minimum absolute atomic E-state index is 0.171. The highest BCUT2D eigenvalue weighted by Crippen LogP contribution is 2.15. The second-order valence-corrected chi connectivity index (χ2v) is 4.21. The van der Waals surface area contributed by atoms with Crippen molar-refractivity contribution in [2.45, 2.75) is 27.3 Å². The summed E-state index contributed by atoms with van der Waals surface area (Å²) >= 11 is 2.84. The van der Waals surface area contributed by atoms with Gasteiger partial charge in [-0.25, -0.2) is 0 Å². The average molecular weight is 256 g/mol. The van der Waals surface area contributed by atoms with Crippen molar-refractivity contribution in [3.8, 4) is 0 Å². The summed E-state index contributed by atoms with van der Waals surface area (Å²) in [6, 6.07) is 4.26. The van der Waals surface area contributed by atoms with Crippen LogP contribution in [-0.4, -0.2) is 4.82 Å². The number of amides is 1. The van der Waals surface area contributed by atoms with Crippen molar-refractivity contribution in [2.24, 2.45) is 0 Å². The van der Waals surface area contributed by atoms with Gasteiger partial charge in [-0.15, -0.1) is 0 Å². The Morgan fingerprint density at radius 1 is 1.21 bits per heavy atom. The van der Waals surface area contributed by atoms with E-state index in [4.69, 9.17) is 0 Å². The van der Waals surface area contributed by atoms with Crippen LogP contribution in [-0.2, 0) is 6.54 Å². The van der Waals surface area contributed by atoms with Crippen molar-refractivity contribution < 1.29 is 4.79 Å². The quantitative estimate of drug-likeness (QED) is 0.638. The lowest BCUT2D eigenvalue weighted by Gasteiger charge is -2.09. The number of hydrogen-bond acceptors (Lipinski definition) is 1. The normalized spacial score (nSPS) is 10.0. The molecule has 1 aromatic carbocycles. The van der Waals surface area contributed by atoms with Gasteiger partial charge in [-0.05, 0) is 43.0 Å². The molecule has 1 aromatic rings. The van der Waals surface area contributed by atoms with Gasteiger partial charge in [0.15, 0.2) is 0 Å². The fourth-order valence-corrected chi connectivity index (χ4v) is 1.52. The molecule has 2 nitrogen and oxygen atoms in total. The van der Waals surface area contributed by atoms with Crippen LogP contribution < -0.4 is 5.32 Å². The topological polar surface area (TPSA) is 29.1 Å². The number of rotatable bonds is 2. The predicted octanol–water partition coefficient (Wildman–Crippen LogP) is 3.22. The highest BCUT2D eigenvalue weighted by molar-refractivity contribution is 9.18. The molecule has 14 heavy (non-hydrogen) atoms. The summed E-state index contributed by atoms with van der Waals surface area (Å²) in [6.45, 7) is 6.81. The molecule has 0 fully saturated rings. The second-order valence-electron chi connectivity index (χ2n) is 3.49. The van der Waals surface area contributed by atoms with Gasteiger partial charge in [0.2, 0.25) is 0 Å². The molecule has 1 amide bonds. The third-order valence-corrected chi connectivity index (χ3v) is 2.65. The van der Waals surface area contributed by atoms with Gasteiger partial charge >= 0.3 is 0 Å². The maximum absolute atomic E-state index is 10.7. The third kappa shape index (κ3) is 2.84. The Labute approximate surface area is 92.8 Å². The van der Waals surface area contributed by atoms with Crippen LogP contribution in [0.2, 0.25) is 0 Å². The summed E-state index contributed by atoms with van der Waals surface area (Å²) in [4.78, 5) is 10.5. The number of aryl methyl sites for hydroxylation is 3. The molecule has 0 unspecified atom stereocenters. The van der Waals surface area contributed by atoms with Gasteiger partial charge in [0, 0.05) is 22.5 Å². The molecule has 1 N–H and O–H groups in total. The second kappa shape index (κ2) is 4.60. The van der Waals surface area contributed by atoms with Crippen molar-refractivity contribution in [2.75, 3.05) is 0 Å². The number of carbonyl (C=O) groups is 1. The zero-order chi connectivity index (χ0) is 10.7. The maximum atomic E-state index is 10.7.